The number of hydrogen-bond acceptors (Lipinski definition) is 3. The van der Waals surface area contributed by atoms with Crippen LogP contribution in [0.4, 0.5) is 0 Å². The van der Waals surface area contributed by atoms with E-state index in [9.17, 15) is 0 Å². The Hall–Kier alpha value is -0.120. The molecule has 0 aromatic carbocycles. The molecule has 0 amide bonds. The van der Waals surface area contributed by atoms with E-state index in [-0.39, 0.29) is 0 Å². The van der Waals surface area contributed by atoms with Gasteiger partial charge in [-0.25, -0.2) is 0 Å². The second kappa shape index (κ2) is 8.13. The highest BCUT2D eigenvalue weighted by Gasteiger charge is 2.24. The zero-order valence-corrected chi connectivity index (χ0v) is 13.1. The molecule has 0 spiro atoms. The Balaban J connectivity index is 2.28. The first-order chi connectivity index (χ1) is 8.58. The van der Waals surface area contributed by atoms with Gasteiger partial charge in [-0.05, 0) is 59.8 Å². The van der Waals surface area contributed by atoms with Crippen LogP contribution < -0.4 is 5.32 Å². The molecule has 0 radical (unpaired) electrons. The van der Waals surface area contributed by atoms with Crippen molar-refractivity contribution in [3.63, 3.8) is 0 Å². The molecule has 0 aliphatic carbocycles. The van der Waals surface area contributed by atoms with Crippen molar-refractivity contribution < 1.29 is 0 Å². The van der Waals surface area contributed by atoms with Gasteiger partial charge in [0.2, 0.25) is 0 Å². The Morgan fingerprint density at radius 1 is 1.22 bits per heavy atom. The monoisotopic (exact) mass is 255 g/mol. The second-order valence-corrected chi connectivity index (χ2v) is 5.90. The molecule has 1 fully saturated rings. The Morgan fingerprint density at radius 2 is 1.83 bits per heavy atom. The molecule has 0 aromatic heterocycles. The van der Waals surface area contributed by atoms with Gasteiger partial charge in [-0.15, -0.1) is 0 Å². The van der Waals surface area contributed by atoms with Crippen molar-refractivity contribution in [3.8, 4) is 0 Å². The summed E-state index contributed by atoms with van der Waals surface area (Å²) in [7, 11) is 2.30. The van der Waals surface area contributed by atoms with Gasteiger partial charge in [0.1, 0.15) is 0 Å². The van der Waals surface area contributed by atoms with Gasteiger partial charge < -0.3 is 10.2 Å². The predicted octanol–water partition coefficient (Wildman–Crippen LogP) is 2.18. The van der Waals surface area contributed by atoms with Crippen LogP contribution in [0.2, 0.25) is 0 Å². The van der Waals surface area contributed by atoms with Gasteiger partial charge in [0.15, 0.2) is 0 Å². The maximum Gasteiger partial charge on any atom is 0.0192 e. The summed E-state index contributed by atoms with van der Waals surface area (Å²) in [6, 6.07) is 2.06. The largest absolute Gasteiger partial charge is 0.313 e. The molecular formula is C15H33N3. The maximum atomic E-state index is 3.62. The van der Waals surface area contributed by atoms with Crippen molar-refractivity contribution in [2.24, 2.45) is 0 Å². The van der Waals surface area contributed by atoms with Crippen LogP contribution in [-0.2, 0) is 0 Å². The van der Waals surface area contributed by atoms with Crippen LogP contribution in [0.3, 0.4) is 0 Å². The fourth-order valence-electron chi connectivity index (χ4n) is 2.66. The minimum atomic E-state index is 0.636. The fraction of sp³-hybridized carbons (Fsp3) is 1.00. The molecule has 1 rings (SSSR count). The van der Waals surface area contributed by atoms with E-state index in [2.05, 4.69) is 49.9 Å². The van der Waals surface area contributed by atoms with Crippen molar-refractivity contribution in [2.45, 2.75) is 65.1 Å². The van der Waals surface area contributed by atoms with Crippen molar-refractivity contribution in [1.82, 2.24) is 15.1 Å². The highest BCUT2D eigenvalue weighted by Crippen LogP contribution is 2.16. The van der Waals surface area contributed by atoms with Crippen molar-refractivity contribution in [2.75, 3.05) is 33.2 Å². The van der Waals surface area contributed by atoms with E-state index in [1.165, 1.54) is 38.9 Å². The number of nitrogens with one attached hydrogen (secondary N) is 1. The third-order valence-corrected chi connectivity index (χ3v) is 4.65. The average molecular weight is 255 g/mol. The SMILES string of the molecule is CCC(C)NCC(C)N(C)C1CCN(CC)CC1. The Kier molecular flexibility index (Phi) is 7.20. The summed E-state index contributed by atoms with van der Waals surface area (Å²) in [6.45, 7) is 14.0. The second-order valence-electron chi connectivity index (χ2n) is 5.90. The molecule has 1 N–H and O–H groups in total. The topological polar surface area (TPSA) is 18.5 Å². The molecule has 108 valence electrons. The zero-order chi connectivity index (χ0) is 13.5. The minimum Gasteiger partial charge on any atom is -0.313 e. The maximum absolute atomic E-state index is 3.62. The van der Waals surface area contributed by atoms with Gasteiger partial charge in [-0.2, -0.15) is 0 Å². The van der Waals surface area contributed by atoms with E-state index >= 15 is 0 Å². The smallest absolute Gasteiger partial charge is 0.0192 e. The molecule has 1 aliphatic heterocycles. The summed E-state index contributed by atoms with van der Waals surface area (Å²) in [4.78, 5) is 5.15. The first kappa shape index (κ1) is 15.9. The van der Waals surface area contributed by atoms with E-state index in [1.54, 1.807) is 0 Å². The zero-order valence-electron chi connectivity index (χ0n) is 13.1. The lowest BCUT2D eigenvalue weighted by Gasteiger charge is -2.39. The number of piperidine rings is 1. The highest BCUT2D eigenvalue weighted by atomic mass is 15.2. The summed E-state index contributed by atoms with van der Waals surface area (Å²) in [5.41, 5.74) is 0. The highest BCUT2D eigenvalue weighted by molar-refractivity contribution is 4.81. The fourth-order valence-corrected chi connectivity index (χ4v) is 2.66. The molecular weight excluding hydrogens is 222 g/mol. The normalized spacial score (nSPS) is 22.3. The van der Waals surface area contributed by atoms with Crippen LogP contribution in [0.5, 0.6) is 0 Å². The van der Waals surface area contributed by atoms with E-state index in [0.29, 0.717) is 12.1 Å². The van der Waals surface area contributed by atoms with Crippen LogP contribution in [0.15, 0.2) is 0 Å². The van der Waals surface area contributed by atoms with Gasteiger partial charge in [0.05, 0.1) is 0 Å². The lowest BCUT2D eigenvalue weighted by molar-refractivity contribution is 0.103. The molecule has 3 heteroatoms. The molecule has 0 aromatic rings. The van der Waals surface area contributed by atoms with E-state index in [1.807, 2.05) is 0 Å². The van der Waals surface area contributed by atoms with Crippen LogP contribution in [0.1, 0.15) is 47.0 Å². The summed E-state index contributed by atoms with van der Waals surface area (Å²) in [6.07, 6.45) is 3.88. The van der Waals surface area contributed by atoms with E-state index in [4.69, 9.17) is 0 Å². The summed E-state index contributed by atoms with van der Waals surface area (Å²) >= 11 is 0. The summed E-state index contributed by atoms with van der Waals surface area (Å²) in [5, 5.41) is 3.62. The van der Waals surface area contributed by atoms with Crippen molar-refractivity contribution in [1.29, 1.82) is 0 Å². The minimum absolute atomic E-state index is 0.636. The first-order valence-corrected chi connectivity index (χ1v) is 7.76. The van der Waals surface area contributed by atoms with Gasteiger partial charge in [-0.3, -0.25) is 4.90 Å². The number of rotatable bonds is 7. The van der Waals surface area contributed by atoms with Crippen LogP contribution >= 0.6 is 0 Å². The standard InChI is InChI=1S/C15H33N3/c1-6-13(3)16-12-14(4)17(5)15-8-10-18(7-2)11-9-15/h13-16H,6-12H2,1-5H3. The van der Waals surface area contributed by atoms with Crippen LogP contribution in [0.25, 0.3) is 0 Å². The summed E-state index contributed by atoms with van der Waals surface area (Å²) in [5.74, 6) is 0. The molecule has 18 heavy (non-hydrogen) atoms. The first-order valence-electron chi connectivity index (χ1n) is 7.76. The van der Waals surface area contributed by atoms with Crippen molar-refractivity contribution in [3.05, 3.63) is 0 Å². The number of likely N-dealkylation sites (N-methyl/N-ethyl adjacent to an activating group) is 1. The molecule has 2 unspecified atom stereocenters. The Morgan fingerprint density at radius 3 is 2.33 bits per heavy atom. The molecule has 1 aliphatic rings. The van der Waals surface area contributed by atoms with Gasteiger partial charge >= 0.3 is 0 Å². The van der Waals surface area contributed by atoms with Crippen molar-refractivity contribution >= 4 is 0 Å². The quantitative estimate of drug-likeness (QED) is 0.752. The lowest BCUT2D eigenvalue weighted by Crippen LogP contribution is -2.49. The average Bonchev–Trinajstić information content (AvgIpc) is 2.43. The summed E-state index contributed by atoms with van der Waals surface area (Å²) < 4.78 is 0. The number of hydrogen-bond donors (Lipinski definition) is 1. The molecule has 3 nitrogen and oxygen atoms in total. The van der Waals surface area contributed by atoms with E-state index in [0.717, 1.165) is 12.6 Å². The van der Waals surface area contributed by atoms with Gasteiger partial charge in [0.25, 0.3) is 0 Å². The van der Waals surface area contributed by atoms with Crippen LogP contribution in [0, 0.1) is 0 Å². The number of likely N-dealkylation sites (tertiary alicyclic amines) is 1. The van der Waals surface area contributed by atoms with Gasteiger partial charge in [-0.1, -0.05) is 13.8 Å². The number of nitrogens with zero attached hydrogens (tertiary/aromatic N) is 2. The molecule has 1 heterocycles. The van der Waals surface area contributed by atoms with E-state index < -0.39 is 0 Å². The third-order valence-electron chi connectivity index (χ3n) is 4.65. The molecule has 2 atom stereocenters. The Labute approximate surface area is 114 Å². The lowest BCUT2D eigenvalue weighted by atomic mass is 10.0. The predicted molar refractivity (Wildman–Crippen MR) is 80.1 cm³/mol. The van der Waals surface area contributed by atoms with Crippen LogP contribution in [-0.4, -0.2) is 61.2 Å². The molecule has 1 saturated heterocycles. The third kappa shape index (κ3) is 4.87. The Bertz CT molecular complexity index is 212. The molecule has 0 saturated carbocycles. The molecule has 0 bridgehead atoms. The van der Waals surface area contributed by atoms with Gasteiger partial charge in [0, 0.05) is 24.7 Å².